The molecule has 0 saturated carbocycles. The Balaban J connectivity index is 1.58. The lowest BCUT2D eigenvalue weighted by Gasteiger charge is -2.11. The van der Waals surface area contributed by atoms with Crippen LogP contribution in [0.15, 0.2) is 34.2 Å². The number of unbranched alkanes of at least 4 members (excludes halogenated alkanes) is 1. The van der Waals surface area contributed by atoms with Crippen molar-refractivity contribution in [1.82, 2.24) is 30.2 Å². The molecule has 156 valence electrons. The van der Waals surface area contributed by atoms with E-state index in [0.29, 0.717) is 16.4 Å². The molecule has 7 nitrogen and oxygen atoms in total. The van der Waals surface area contributed by atoms with Crippen molar-refractivity contribution in [3.63, 3.8) is 0 Å². The van der Waals surface area contributed by atoms with Gasteiger partial charge in [0.2, 0.25) is 5.16 Å². The second kappa shape index (κ2) is 8.69. The Morgan fingerprint density at radius 3 is 2.73 bits per heavy atom. The summed E-state index contributed by atoms with van der Waals surface area (Å²) in [6, 6.07) is 8.33. The standard InChI is InChI=1S/C21H24N6OS2/c1-5-6-7-15-8-10-16(11-9-15)27-21(24-25-26-27)30-14(4)18-22-19(28)17-12(2)13(3)29-20(17)23-18/h8-11,14H,5-7H2,1-4H3,(H,22,23,28). The first-order chi connectivity index (χ1) is 14.5. The van der Waals surface area contributed by atoms with E-state index in [4.69, 9.17) is 4.98 Å². The molecule has 0 fully saturated rings. The third-order valence-electron chi connectivity index (χ3n) is 5.17. The van der Waals surface area contributed by atoms with Crippen molar-refractivity contribution in [1.29, 1.82) is 0 Å². The Morgan fingerprint density at radius 2 is 2.00 bits per heavy atom. The van der Waals surface area contributed by atoms with Gasteiger partial charge in [-0.1, -0.05) is 37.2 Å². The van der Waals surface area contributed by atoms with Gasteiger partial charge in [0.15, 0.2) is 0 Å². The first-order valence-electron chi connectivity index (χ1n) is 10.0. The average molecular weight is 441 g/mol. The van der Waals surface area contributed by atoms with Gasteiger partial charge in [-0.2, -0.15) is 4.68 Å². The molecule has 0 aliphatic carbocycles. The predicted octanol–water partition coefficient (Wildman–Crippen LogP) is 4.77. The normalized spacial score (nSPS) is 12.5. The number of benzene rings is 1. The van der Waals surface area contributed by atoms with E-state index < -0.39 is 0 Å². The molecule has 0 bridgehead atoms. The third kappa shape index (κ3) is 4.04. The van der Waals surface area contributed by atoms with E-state index in [-0.39, 0.29) is 10.8 Å². The molecule has 1 unspecified atom stereocenters. The van der Waals surface area contributed by atoms with Crippen LogP contribution < -0.4 is 5.56 Å². The molecule has 9 heteroatoms. The maximum Gasteiger partial charge on any atom is 0.259 e. The largest absolute Gasteiger partial charge is 0.309 e. The minimum Gasteiger partial charge on any atom is -0.309 e. The van der Waals surface area contributed by atoms with Crippen LogP contribution in [0.2, 0.25) is 0 Å². The van der Waals surface area contributed by atoms with Crippen LogP contribution >= 0.6 is 23.1 Å². The second-order valence-corrected chi connectivity index (χ2v) is 9.83. The number of aromatic nitrogens is 6. The fourth-order valence-corrected chi connectivity index (χ4v) is 5.18. The molecule has 1 aromatic carbocycles. The van der Waals surface area contributed by atoms with Gasteiger partial charge in [-0.05, 0) is 67.3 Å². The van der Waals surface area contributed by atoms with Crippen molar-refractivity contribution >= 4 is 33.3 Å². The van der Waals surface area contributed by atoms with Crippen LogP contribution in [0.3, 0.4) is 0 Å². The zero-order valence-electron chi connectivity index (χ0n) is 17.5. The van der Waals surface area contributed by atoms with Gasteiger partial charge in [-0.25, -0.2) is 4.98 Å². The molecular formula is C21H24N6OS2. The number of tetrazole rings is 1. The first kappa shape index (κ1) is 20.7. The molecule has 0 aliphatic heterocycles. The number of H-pyrrole nitrogens is 1. The van der Waals surface area contributed by atoms with E-state index in [9.17, 15) is 4.79 Å². The minimum atomic E-state index is -0.113. The summed E-state index contributed by atoms with van der Waals surface area (Å²) in [5, 5.41) is 13.4. The Morgan fingerprint density at radius 1 is 1.23 bits per heavy atom. The molecule has 3 heterocycles. The molecule has 0 radical (unpaired) electrons. The Bertz CT molecular complexity index is 1220. The van der Waals surface area contributed by atoms with Crippen LogP contribution in [0.25, 0.3) is 15.9 Å². The first-order valence-corrected chi connectivity index (χ1v) is 11.7. The summed E-state index contributed by atoms with van der Waals surface area (Å²) in [5.74, 6) is 0.628. The number of aromatic amines is 1. The van der Waals surface area contributed by atoms with Gasteiger partial charge in [0.05, 0.1) is 16.3 Å². The lowest BCUT2D eigenvalue weighted by molar-refractivity contribution is 0.751. The Kier molecular flexibility index (Phi) is 6.01. The Hall–Kier alpha value is -2.52. The molecule has 1 atom stereocenters. The number of hydrogen-bond donors (Lipinski definition) is 1. The number of fused-ring (bicyclic) bond motifs is 1. The summed E-state index contributed by atoms with van der Waals surface area (Å²) >= 11 is 3.02. The fraction of sp³-hybridized carbons (Fsp3) is 0.381. The quantitative estimate of drug-likeness (QED) is 0.416. The zero-order valence-corrected chi connectivity index (χ0v) is 19.1. The van der Waals surface area contributed by atoms with Gasteiger partial charge >= 0.3 is 0 Å². The van der Waals surface area contributed by atoms with E-state index in [1.165, 1.54) is 30.2 Å². The van der Waals surface area contributed by atoms with E-state index in [0.717, 1.165) is 27.4 Å². The summed E-state index contributed by atoms with van der Waals surface area (Å²) in [4.78, 5) is 22.1. The lowest BCUT2D eigenvalue weighted by atomic mass is 10.1. The monoisotopic (exact) mass is 440 g/mol. The average Bonchev–Trinajstić information content (AvgIpc) is 3.31. The molecule has 0 saturated heterocycles. The molecule has 0 aliphatic rings. The molecule has 1 N–H and O–H groups in total. The van der Waals surface area contributed by atoms with Gasteiger partial charge in [0, 0.05) is 4.88 Å². The Labute approximate surface area is 182 Å². The smallest absolute Gasteiger partial charge is 0.259 e. The molecule has 3 aromatic heterocycles. The van der Waals surface area contributed by atoms with Crippen molar-refractivity contribution in [2.45, 2.75) is 57.4 Å². The molecule has 0 amide bonds. The summed E-state index contributed by atoms with van der Waals surface area (Å²) < 4.78 is 1.72. The van der Waals surface area contributed by atoms with Gasteiger partial charge < -0.3 is 4.98 Å². The lowest BCUT2D eigenvalue weighted by Crippen LogP contribution is -2.12. The summed E-state index contributed by atoms with van der Waals surface area (Å²) in [5.41, 5.74) is 3.14. The fourth-order valence-electron chi connectivity index (χ4n) is 3.28. The number of thioether (sulfide) groups is 1. The van der Waals surface area contributed by atoms with Crippen molar-refractivity contribution in [2.24, 2.45) is 0 Å². The molecule has 4 rings (SSSR count). The third-order valence-corrected chi connectivity index (χ3v) is 7.31. The maximum atomic E-state index is 12.6. The molecule has 30 heavy (non-hydrogen) atoms. The van der Waals surface area contributed by atoms with Crippen molar-refractivity contribution in [3.8, 4) is 5.69 Å². The zero-order chi connectivity index (χ0) is 21.3. The number of nitrogens with zero attached hydrogens (tertiary/aromatic N) is 5. The van der Waals surface area contributed by atoms with Gasteiger partial charge in [-0.15, -0.1) is 16.4 Å². The number of nitrogens with one attached hydrogen (secondary N) is 1. The van der Waals surface area contributed by atoms with Crippen LogP contribution in [0.5, 0.6) is 0 Å². The maximum absolute atomic E-state index is 12.6. The summed E-state index contributed by atoms with van der Waals surface area (Å²) in [6.07, 6.45) is 3.44. The highest BCUT2D eigenvalue weighted by molar-refractivity contribution is 7.99. The van der Waals surface area contributed by atoms with E-state index in [2.05, 4.69) is 39.6 Å². The second-order valence-electron chi connectivity index (χ2n) is 7.32. The van der Waals surface area contributed by atoms with Crippen molar-refractivity contribution in [3.05, 3.63) is 56.4 Å². The minimum absolute atomic E-state index is 0.0911. The number of aryl methyl sites for hydroxylation is 3. The summed E-state index contributed by atoms with van der Waals surface area (Å²) in [6.45, 7) is 8.17. The SMILES string of the molecule is CCCCc1ccc(-n2nnnc2SC(C)c2nc3sc(C)c(C)c3c(=O)[nH]2)cc1. The van der Waals surface area contributed by atoms with Gasteiger partial charge in [-0.3, -0.25) is 4.79 Å². The number of rotatable bonds is 7. The van der Waals surface area contributed by atoms with Crippen LogP contribution in [0.4, 0.5) is 0 Å². The van der Waals surface area contributed by atoms with Crippen LogP contribution in [0.1, 0.15) is 53.8 Å². The van der Waals surface area contributed by atoms with Gasteiger partial charge in [0.1, 0.15) is 10.7 Å². The van der Waals surface area contributed by atoms with Crippen LogP contribution in [-0.4, -0.2) is 30.2 Å². The van der Waals surface area contributed by atoms with Crippen LogP contribution in [0, 0.1) is 13.8 Å². The highest BCUT2D eigenvalue weighted by Gasteiger charge is 2.19. The van der Waals surface area contributed by atoms with Gasteiger partial charge in [0.25, 0.3) is 5.56 Å². The van der Waals surface area contributed by atoms with E-state index in [1.807, 2.05) is 32.9 Å². The number of thiophene rings is 1. The molecule has 4 aromatic rings. The van der Waals surface area contributed by atoms with Crippen LogP contribution in [-0.2, 0) is 6.42 Å². The highest BCUT2D eigenvalue weighted by atomic mass is 32.2. The molecule has 0 spiro atoms. The predicted molar refractivity (Wildman–Crippen MR) is 122 cm³/mol. The number of hydrogen-bond acceptors (Lipinski definition) is 7. The topological polar surface area (TPSA) is 89.3 Å². The van der Waals surface area contributed by atoms with Crippen molar-refractivity contribution in [2.75, 3.05) is 0 Å². The molecular weight excluding hydrogens is 416 g/mol. The van der Waals surface area contributed by atoms with E-state index in [1.54, 1.807) is 16.0 Å². The van der Waals surface area contributed by atoms with E-state index >= 15 is 0 Å². The van der Waals surface area contributed by atoms with Crippen molar-refractivity contribution < 1.29 is 0 Å². The highest BCUT2D eigenvalue weighted by Crippen LogP contribution is 2.34. The summed E-state index contributed by atoms with van der Waals surface area (Å²) in [7, 11) is 0.